The van der Waals surface area contributed by atoms with Crippen LogP contribution < -0.4 is 10.1 Å². The number of carbonyl (C=O) groups excluding carboxylic acids is 2. The van der Waals surface area contributed by atoms with Crippen molar-refractivity contribution in [2.75, 3.05) is 7.11 Å². The number of ether oxygens (including phenoxy) is 1. The van der Waals surface area contributed by atoms with Gasteiger partial charge in [0.05, 0.1) is 13.5 Å². The minimum atomic E-state index is -0.795. The Hall–Kier alpha value is -3.67. The van der Waals surface area contributed by atoms with Crippen molar-refractivity contribution < 1.29 is 18.7 Å². The lowest BCUT2D eigenvalue weighted by atomic mass is 10.0. The zero-order valence-corrected chi connectivity index (χ0v) is 20.5. The standard InChI is InChI=1S/C29H33FN2O3/c1-4-21(2)31-29(34)27(18-22-10-6-5-7-11-22)32(20-24-12-8-9-13-26(24)30)28(33)19-23-14-16-25(35-3)17-15-23/h5-17,21,27H,4,18-20H2,1-3H3,(H,31,34)/t21-,27+/m1/s1. The molecule has 0 heterocycles. The van der Waals surface area contributed by atoms with Crippen molar-refractivity contribution in [2.45, 2.75) is 51.7 Å². The highest BCUT2D eigenvalue weighted by Crippen LogP contribution is 2.19. The van der Waals surface area contributed by atoms with Gasteiger partial charge in [0.25, 0.3) is 0 Å². The average Bonchev–Trinajstić information content (AvgIpc) is 2.88. The number of hydrogen-bond donors (Lipinski definition) is 1. The van der Waals surface area contributed by atoms with Crippen LogP contribution in [0.2, 0.25) is 0 Å². The van der Waals surface area contributed by atoms with Gasteiger partial charge < -0.3 is 15.0 Å². The first kappa shape index (κ1) is 25.9. The molecule has 2 atom stereocenters. The third kappa shape index (κ3) is 7.41. The zero-order chi connectivity index (χ0) is 25.2. The summed E-state index contributed by atoms with van der Waals surface area (Å²) in [4.78, 5) is 28.6. The van der Waals surface area contributed by atoms with Crippen molar-refractivity contribution in [1.82, 2.24) is 10.2 Å². The minimum Gasteiger partial charge on any atom is -0.497 e. The van der Waals surface area contributed by atoms with Crippen molar-refractivity contribution in [1.29, 1.82) is 0 Å². The van der Waals surface area contributed by atoms with E-state index in [4.69, 9.17) is 4.74 Å². The molecule has 3 rings (SSSR count). The van der Waals surface area contributed by atoms with E-state index in [0.29, 0.717) is 17.7 Å². The summed E-state index contributed by atoms with van der Waals surface area (Å²) in [6, 6.07) is 22.3. The molecule has 0 unspecified atom stereocenters. The molecule has 0 spiro atoms. The number of hydrogen-bond acceptors (Lipinski definition) is 3. The van der Waals surface area contributed by atoms with Crippen LogP contribution in [0, 0.1) is 5.82 Å². The molecular formula is C29H33FN2O3. The number of benzene rings is 3. The third-order valence-electron chi connectivity index (χ3n) is 6.09. The molecule has 5 nitrogen and oxygen atoms in total. The van der Waals surface area contributed by atoms with Gasteiger partial charge in [0.1, 0.15) is 17.6 Å². The summed E-state index contributed by atoms with van der Waals surface area (Å²) < 4.78 is 19.8. The Morgan fingerprint density at radius 3 is 2.23 bits per heavy atom. The van der Waals surface area contributed by atoms with E-state index in [-0.39, 0.29) is 30.8 Å². The molecule has 0 aliphatic carbocycles. The number of nitrogens with zero attached hydrogens (tertiary/aromatic N) is 1. The number of rotatable bonds is 11. The van der Waals surface area contributed by atoms with Crippen molar-refractivity contribution >= 4 is 11.8 Å². The van der Waals surface area contributed by atoms with Crippen LogP contribution in [-0.2, 0) is 29.0 Å². The molecule has 6 heteroatoms. The maximum Gasteiger partial charge on any atom is 0.243 e. The highest BCUT2D eigenvalue weighted by Gasteiger charge is 2.31. The van der Waals surface area contributed by atoms with Gasteiger partial charge in [-0.15, -0.1) is 0 Å². The fourth-order valence-corrected chi connectivity index (χ4v) is 3.82. The Kier molecular flexibility index (Phi) is 9.41. The summed E-state index contributed by atoms with van der Waals surface area (Å²) in [5, 5.41) is 3.02. The van der Waals surface area contributed by atoms with E-state index in [1.54, 1.807) is 37.4 Å². The summed E-state index contributed by atoms with van der Waals surface area (Å²) in [6.45, 7) is 3.91. The van der Waals surface area contributed by atoms with Crippen molar-refractivity contribution in [3.05, 3.63) is 101 Å². The van der Waals surface area contributed by atoms with Gasteiger partial charge in [-0.2, -0.15) is 0 Å². The maximum absolute atomic E-state index is 14.6. The monoisotopic (exact) mass is 476 g/mol. The van der Waals surface area contributed by atoms with Gasteiger partial charge in [-0.3, -0.25) is 9.59 Å². The first-order valence-corrected chi connectivity index (χ1v) is 11.9. The Morgan fingerprint density at radius 2 is 1.60 bits per heavy atom. The van der Waals surface area contributed by atoms with Crippen LogP contribution in [0.4, 0.5) is 4.39 Å². The lowest BCUT2D eigenvalue weighted by molar-refractivity contribution is -0.141. The molecule has 0 saturated heterocycles. The lowest BCUT2D eigenvalue weighted by Crippen LogP contribution is -2.52. The van der Waals surface area contributed by atoms with Crippen LogP contribution in [0.1, 0.15) is 37.0 Å². The Labute approximate surface area is 206 Å². The topological polar surface area (TPSA) is 58.6 Å². The molecule has 3 aromatic carbocycles. The number of carbonyl (C=O) groups is 2. The molecule has 1 N–H and O–H groups in total. The average molecular weight is 477 g/mol. The number of methoxy groups -OCH3 is 1. The quantitative estimate of drug-likeness (QED) is 0.427. The highest BCUT2D eigenvalue weighted by molar-refractivity contribution is 5.89. The molecule has 0 aromatic heterocycles. The number of halogens is 1. The number of amides is 2. The molecule has 35 heavy (non-hydrogen) atoms. The number of nitrogens with one attached hydrogen (secondary N) is 1. The predicted molar refractivity (Wildman–Crippen MR) is 135 cm³/mol. The van der Waals surface area contributed by atoms with Crippen LogP contribution >= 0.6 is 0 Å². The predicted octanol–water partition coefficient (Wildman–Crippen LogP) is 4.93. The molecule has 0 radical (unpaired) electrons. The molecule has 0 fully saturated rings. The SMILES string of the molecule is CC[C@@H](C)NC(=O)[C@H](Cc1ccccc1)N(Cc1ccccc1F)C(=O)Cc1ccc(OC)cc1. The van der Waals surface area contributed by atoms with Crippen molar-refractivity contribution in [2.24, 2.45) is 0 Å². The first-order chi connectivity index (χ1) is 16.9. The zero-order valence-electron chi connectivity index (χ0n) is 20.5. The summed E-state index contributed by atoms with van der Waals surface area (Å²) >= 11 is 0. The van der Waals surface area contributed by atoms with Crippen LogP contribution in [0.15, 0.2) is 78.9 Å². The van der Waals surface area contributed by atoms with E-state index in [1.807, 2.05) is 56.3 Å². The Morgan fingerprint density at radius 1 is 0.943 bits per heavy atom. The summed E-state index contributed by atoms with van der Waals surface area (Å²) in [5.74, 6) is -0.212. The summed E-state index contributed by atoms with van der Waals surface area (Å²) in [7, 11) is 1.58. The van der Waals surface area contributed by atoms with E-state index in [9.17, 15) is 14.0 Å². The molecular weight excluding hydrogens is 443 g/mol. The molecule has 0 bridgehead atoms. The second-order valence-corrected chi connectivity index (χ2v) is 8.66. The van der Waals surface area contributed by atoms with Gasteiger partial charge >= 0.3 is 0 Å². The maximum atomic E-state index is 14.6. The van der Waals surface area contributed by atoms with Crippen molar-refractivity contribution in [3.8, 4) is 5.75 Å². The molecule has 2 amide bonds. The van der Waals surface area contributed by atoms with Crippen LogP contribution in [-0.4, -0.2) is 35.9 Å². The second-order valence-electron chi connectivity index (χ2n) is 8.66. The first-order valence-electron chi connectivity index (χ1n) is 11.9. The van der Waals surface area contributed by atoms with Gasteiger partial charge in [0.15, 0.2) is 0 Å². The lowest BCUT2D eigenvalue weighted by Gasteiger charge is -2.32. The van der Waals surface area contributed by atoms with E-state index in [1.165, 1.54) is 11.0 Å². The smallest absolute Gasteiger partial charge is 0.243 e. The Bertz CT molecular complexity index is 1100. The summed E-state index contributed by atoms with van der Waals surface area (Å²) in [5.41, 5.74) is 2.08. The largest absolute Gasteiger partial charge is 0.497 e. The molecule has 184 valence electrons. The van der Waals surface area contributed by atoms with E-state index < -0.39 is 11.9 Å². The van der Waals surface area contributed by atoms with Gasteiger partial charge in [-0.1, -0.05) is 67.6 Å². The fraction of sp³-hybridized carbons (Fsp3) is 0.310. The fourth-order valence-electron chi connectivity index (χ4n) is 3.82. The molecule has 0 aliphatic rings. The van der Waals surface area contributed by atoms with E-state index >= 15 is 0 Å². The van der Waals surface area contributed by atoms with Crippen molar-refractivity contribution in [3.63, 3.8) is 0 Å². The second kappa shape index (κ2) is 12.7. The van der Waals surface area contributed by atoms with Gasteiger partial charge in [-0.05, 0) is 42.7 Å². The van der Waals surface area contributed by atoms with Crippen LogP contribution in [0.5, 0.6) is 5.75 Å². The molecule has 3 aromatic rings. The van der Waals surface area contributed by atoms with Crippen LogP contribution in [0.25, 0.3) is 0 Å². The third-order valence-corrected chi connectivity index (χ3v) is 6.09. The van der Waals surface area contributed by atoms with E-state index in [2.05, 4.69) is 5.32 Å². The molecule has 0 aliphatic heterocycles. The van der Waals surface area contributed by atoms with Gasteiger partial charge in [0.2, 0.25) is 11.8 Å². The summed E-state index contributed by atoms with van der Waals surface area (Å²) in [6.07, 6.45) is 1.17. The Balaban J connectivity index is 1.97. The molecule has 0 saturated carbocycles. The van der Waals surface area contributed by atoms with Gasteiger partial charge in [-0.25, -0.2) is 4.39 Å². The van der Waals surface area contributed by atoms with Crippen LogP contribution in [0.3, 0.4) is 0 Å². The normalized spacial score (nSPS) is 12.5. The van der Waals surface area contributed by atoms with Gasteiger partial charge in [0, 0.05) is 24.6 Å². The highest BCUT2D eigenvalue weighted by atomic mass is 19.1. The van der Waals surface area contributed by atoms with E-state index in [0.717, 1.165) is 17.5 Å². The minimum absolute atomic E-state index is 0.00686.